The minimum absolute atomic E-state index is 0.292. The Morgan fingerprint density at radius 3 is 2.25 bits per heavy atom. The number of aryl methyl sites for hydroxylation is 2. The molecule has 0 unspecified atom stereocenters. The Hall–Kier alpha value is -0.820. The maximum absolute atomic E-state index is 8.80. The molecule has 0 atom stereocenters. The monoisotopic (exact) mass is 220 g/mol. The third-order valence-electron chi connectivity index (χ3n) is 2.93. The largest absolute Gasteiger partial charge is 0.396 e. The minimum atomic E-state index is 0.292. The summed E-state index contributed by atoms with van der Waals surface area (Å²) >= 11 is 0. The lowest BCUT2D eigenvalue weighted by Crippen LogP contribution is -1.92. The summed E-state index contributed by atoms with van der Waals surface area (Å²) in [4.78, 5) is 0. The molecule has 0 heterocycles. The summed E-state index contributed by atoms with van der Waals surface area (Å²) in [5, 5.41) is 8.80. The number of aliphatic hydroxyl groups is 1. The lowest BCUT2D eigenvalue weighted by Gasteiger charge is -2.04. The Morgan fingerprint density at radius 2 is 1.62 bits per heavy atom. The van der Waals surface area contributed by atoms with Gasteiger partial charge in [0, 0.05) is 6.61 Å². The van der Waals surface area contributed by atoms with Crippen LogP contribution in [0.4, 0.5) is 0 Å². The molecule has 0 bridgehead atoms. The van der Waals surface area contributed by atoms with Crippen molar-refractivity contribution in [2.45, 2.75) is 51.9 Å². The van der Waals surface area contributed by atoms with Gasteiger partial charge in [0.2, 0.25) is 0 Å². The summed E-state index contributed by atoms with van der Waals surface area (Å²) in [5.41, 5.74) is 2.81. The van der Waals surface area contributed by atoms with Crippen LogP contribution in [-0.4, -0.2) is 11.7 Å². The molecule has 16 heavy (non-hydrogen) atoms. The smallest absolute Gasteiger partial charge is 0.0434 e. The van der Waals surface area contributed by atoms with Crippen molar-refractivity contribution in [3.05, 3.63) is 35.4 Å². The lowest BCUT2D eigenvalue weighted by atomic mass is 10.0. The van der Waals surface area contributed by atoms with E-state index < -0.39 is 0 Å². The molecule has 1 rings (SSSR count). The summed E-state index contributed by atoms with van der Waals surface area (Å²) in [6.45, 7) is 2.54. The Kier molecular flexibility index (Phi) is 6.91. The molecule has 1 nitrogen and oxygen atoms in total. The standard InChI is InChI=1S/C15H24O/c1-2-3-4-5-8-14-9-6-10-15(13-14)11-7-12-16/h6,9-10,13,16H,2-5,7-8,11-12H2,1H3. The van der Waals surface area contributed by atoms with Crippen LogP contribution in [0.15, 0.2) is 24.3 Å². The molecule has 0 aliphatic carbocycles. The van der Waals surface area contributed by atoms with Gasteiger partial charge in [0.25, 0.3) is 0 Å². The fourth-order valence-corrected chi connectivity index (χ4v) is 1.98. The summed E-state index contributed by atoms with van der Waals surface area (Å²) in [6.07, 6.45) is 8.38. The maximum Gasteiger partial charge on any atom is 0.0434 e. The molecule has 0 amide bonds. The van der Waals surface area contributed by atoms with E-state index in [2.05, 4.69) is 31.2 Å². The number of benzene rings is 1. The van der Waals surface area contributed by atoms with Gasteiger partial charge in [-0.05, 0) is 36.8 Å². The van der Waals surface area contributed by atoms with Gasteiger partial charge in [0.05, 0.1) is 0 Å². The van der Waals surface area contributed by atoms with E-state index in [-0.39, 0.29) is 0 Å². The Morgan fingerprint density at radius 1 is 0.938 bits per heavy atom. The fourth-order valence-electron chi connectivity index (χ4n) is 1.98. The van der Waals surface area contributed by atoms with Crippen LogP contribution in [0.25, 0.3) is 0 Å². The second-order valence-electron chi connectivity index (χ2n) is 4.46. The van der Waals surface area contributed by atoms with Crippen molar-refractivity contribution in [3.63, 3.8) is 0 Å². The molecule has 1 aromatic carbocycles. The molecule has 0 aromatic heterocycles. The highest BCUT2D eigenvalue weighted by Crippen LogP contribution is 2.11. The van der Waals surface area contributed by atoms with Gasteiger partial charge < -0.3 is 5.11 Å². The third-order valence-corrected chi connectivity index (χ3v) is 2.93. The molecule has 0 aliphatic heterocycles. The highest BCUT2D eigenvalue weighted by Gasteiger charge is 1.96. The van der Waals surface area contributed by atoms with Gasteiger partial charge in [-0.2, -0.15) is 0 Å². The topological polar surface area (TPSA) is 20.2 Å². The molecule has 0 fully saturated rings. The first-order valence-corrected chi connectivity index (χ1v) is 6.55. The van der Waals surface area contributed by atoms with Gasteiger partial charge in [-0.25, -0.2) is 0 Å². The second-order valence-corrected chi connectivity index (χ2v) is 4.46. The predicted octanol–water partition coefficient (Wildman–Crippen LogP) is 3.73. The van der Waals surface area contributed by atoms with Gasteiger partial charge in [0.1, 0.15) is 0 Å². The van der Waals surface area contributed by atoms with Crippen molar-refractivity contribution >= 4 is 0 Å². The van der Waals surface area contributed by atoms with E-state index in [1.807, 2.05) is 0 Å². The summed E-state index contributed by atoms with van der Waals surface area (Å²) in [5.74, 6) is 0. The Bertz CT molecular complexity index is 281. The Labute approximate surface area is 99.5 Å². The first kappa shape index (κ1) is 13.2. The highest BCUT2D eigenvalue weighted by atomic mass is 16.2. The van der Waals surface area contributed by atoms with Crippen LogP contribution < -0.4 is 0 Å². The quantitative estimate of drug-likeness (QED) is 0.662. The molecular formula is C15H24O. The van der Waals surface area contributed by atoms with Crippen molar-refractivity contribution in [1.82, 2.24) is 0 Å². The molecule has 0 radical (unpaired) electrons. The van der Waals surface area contributed by atoms with E-state index in [0.717, 1.165) is 12.8 Å². The van der Waals surface area contributed by atoms with Gasteiger partial charge in [-0.1, -0.05) is 50.5 Å². The average Bonchev–Trinajstić information content (AvgIpc) is 2.33. The van der Waals surface area contributed by atoms with Crippen LogP contribution in [0.1, 0.15) is 50.2 Å². The number of aliphatic hydroxyl groups excluding tert-OH is 1. The zero-order valence-corrected chi connectivity index (χ0v) is 10.4. The van der Waals surface area contributed by atoms with Crippen molar-refractivity contribution in [2.75, 3.05) is 6.61 Å². The van der Waals surface area contributed by atoms with Gasteiger partial charge >= 0.3 is 0 Å². The van der Waals surface area contributed by atoms with Crippen LogP contribution in [-0.2, 0) is 12.8 Å². The van der Waals surface area contributed by atoms with E-state index in [9.17, 15) is 0 Å². The van der Waals surface area contributed by atoms with Crippen LogP contribution in [0.5, 0.6) is 0 Å². The highest BCUT2D eigenvalue weighted by molar-refractivity contribution is 5.23. The maximum atomic E-state index is 8.80. The lowest BCUT2D eigenvalue weighted by molar-refractivity contribution is 0.288. The van der Waals surface area contributed by atoms with Crippen molar-refractivity contribution < 1.29 is 5.11 Å². The normalized spacial score (nSPS) is 10.6. The van der Waals surface area contributed by atoms with Crippen molar-refractivity contribution in [1.29, 1.82) is 0 Å². The van der Waals surface area contributed by atoms with E-state index in [1.54, 1.807) is 0 Å². The first-order valence-electron chi connectivity index (χ1n) is 6.55. The predicted molar refractivity (Wildman–Crippen MR) is 69.7 cm³/mol. The summed E-state index contributed by atoms with van der Waals surface area (Å²) < 4.78 is 0. The minimum Gasteiger partial charge on any atom is -0.396 e. The molecule has 0 saturated carbocycles. The number of hydrogen-bond donors (Lipinski definition) is 1. The Balaban J connectivity index is 2.35. The van der Waals surface area contributed by atoms with Crippen LogP contribution >= 0.6 is 0 Å². The number of unbranched alkanes of at least 4 members (excludes halogenated alkanes) is 3. The molecule has 1 heteroatoms. The molecule has 1 aromatic rings. The zero-order valence-electron chi connectivity index (χ0n) is 10.4. The van der Waals surface area contributed by atoms with Gasteiger partial charge in [0.15, 0.2) is 0 Å². The SMILES string of the molecule is CCCCCCc1cccc(CCCO)c1. The molecule has 0 aliphatic rings. The molecule has 1 N–H and O–H groups in total. The average molecular weight is 220 g/mol. The van der Waals surface area contributed by atoms with Crippen LogP contribution in [0, 0.1) is 0 Å². The van der Waals surface area contributed by atoms with Crippen molar-refractivity contribution in [2.24, 2.45) is 0 Å². The van der Waals surface area contributed by atoms with E-state index >= 15 is 0 Å². The van der Waals surface area contributed by atoms with E-state index in [0.29, 0.717) is 6.61 Å². The molecular weight excluding hydrogens is 196 g/mol. The fraction of sp³-hybridized carbons (Fsp3) is 0.600. The van der Waals surface area contributed by atoms with Crippen LogP contribution in [0.3, 0.4) is 0 Å². The summed E-state index contributed by atoms with van der Waals surface area (Å²) in [7, 11) is 0. The van der Waals surface area contributed by atoms with Gasteiger partial charge in [-0.15, -0.1) is 0 Å². The molecule has 90 valence electrons. The van der Waals surface area contributed by atoms with Crippen molar-refractivity contribution in [3.8, 4) is 0 Å². The van der Waals surface area contributed by atoms with E-state index in [4.69, 9.17) is 5.11 Å². The molecule has 0 spiro atoms. The zero-order chi connectivity index (χ0) is 11.6. The summed E-state index contributed by atoms with van der Waals surface area (Å²) in [6, 6.07) is 8.81. The second kappa shape index (κ2) is 8.35. The van der Waals surface area contributed by atoms with Gasteiger partial charge in [-0.3, -0.25) is 0 Å². The number of rotatable bonds is 8. The van der Waals surface area contributed by atoms with E-state index in [1.165, 1.54) is 43.2 Å². The van der Waals surface area contributed by atoms with Crippen LogP contribution in [0.2, 0.25) is 0 Å². The first-order chi connectivity index (χ1) is 7.86. The third kappa shape index (κ3) is 5.32. The molecule has 0 saturated heterocycles. The number of hydrogen-bond acceptors (Lipinski definition) is 1.